The van der Waals surface area contributed by atoms with E-state index in [-0.39, 0.29) is 11.9 Å². The number of unbranched alkanes of at least 4 members (excludes halogenated alkanes) is 26. The Morgan fingerprint density at radius 1 is 0.306 bits per heavy atom. The second-order valence-corrected chi connectivity index (χ2v) is 21.4. The second-order valence-electron chi connectivity index (χ2n) is 21.4. The van der Waals surface area contributed by atoms with Gasteiger partial charge in [0.05, 0.1) is 0 Å². The molecule has 0 N–H and O–H groups in total. The van der Waals surface area contributed by atoms with Gasteiger partial charge in [-0.2, -0.15) is 0 Å². The van der Waals surface area contributed by atoms with Gasteiger partial charge in [0.25, 0.3) is 0 Å². The SMILES string of the molecule is CCCCCCCCCCCC(=O)Oc1c2ccccc2c(-c2c3ccccc3c(OC(=O)CCCCCCCCCCC)c3ccc(CCCCCCCC)cc23)c2cc(CCCCCCCC)ccc12. The Bertz CT molecular complexity index is 2370. The summed E-state index contributed by atoms with van der Waals surface area (Å²) in [6.07, 6.45) is 39.5. The van der Waals surface area contributed by atoms with E-state index in [0.29, 0.717) is 24.3 Å². The molecule has 4 heteroatoms. The van der Waals surface area contributed by atoms with E-state index in [2.05, 4.69) is 113 Å². The van der Waals surface area contributed by atoms with E-state index >= 15 is 0 Å². The molecule has 72 heavy (non-hydrogen) atoms. The molecule has 390 valence electrons. The first-order valence-electron chi connectivity index (χ1n) is 29.8. The maximum Gasteiger partial charge on any atom is 0.311 e. The van der Waals surface area contributed by atoms with Gasteiger partial charge in [-0.05, 0) is 82.3 Å². The largest absolute Gasteiger partial charge is 0.425 e. The summed E-state index contributed by atoms with van der Waals surface area (Å²) < 4.78 is 13.2. The Kier molecular flexibility index (Phi) is 25.5. The zero-order valence-corrected chi connectivity index (χ0v) is 45.8. The molecule has 0 bridgehead atoms. The minimum atomic E-state index is -0.155. The first kappa shape index (κ1) is 56.6. The summed E-state index contributed by atoms with van der Waals surface area (Å²) in [4.78, 5) is 27.9. The third-order valence-electron chi connectivity index (χ3n) is 15.4. The van der Waals surface area contributed by atoms with Gasteiger partial charge < -0.3 is 9.47 Å². The molecular weight excluding hydrogens is 881 g/mol. The van der Waals surface area contributed by atoms with E-state index in [1.807, 2.05) is 0 Å². The minimum absolute atomic E-state index is 0.155. The summed E-state index contributed by atoms with van der Waals surface area (Å²) in [5.41, 5.74) is 4.91. The van der Waals surface area contributed by atoms with Gasteiger partial charge in [-0.25, -0.2) is 0 Å². The van der Waals surface area contributed by atoms with Crippen LogP contribution in [0.5, 0.6) is 11.5 Å². The summed E-state index contributed by atoms with van der Waals surface area (Å²) in [5.74, 6) is 1.01. The van der Waals surface area contributed by atoms with Gasteiger partial charge >= 0.3 is 11.9 Å². The Morgan fingerprint density at radius 2 is 0.583 bits per heavy atom. The normalized spacial score (nSPS) is 11.7. The van der Waals surface area contributed by atoms with Crippen LogP contribution < -0.4 is 9.47 Å². The van der Waals surface area contributed by atoms with E-state index in [0.717, 1.165) is 106 Å². The predicted molar refractivity (Wildman–Crippen MR) is 311 cm³/mol. The maximum absolute atomic E-state index is 13.9. The van der Waals surface area contributed by atoms with Gasteiger partial charge in [0, 0.05) is 34.4 Å². The molecule has 6 aromatic carbocycles. The van der Waals surface area contributed by atoms with E-state index in [9.17, 15) is 9.59 Å². The van der Waals surface area contributed by atoms with E-state index in [1.165, 1.54) is 165 Å². The highest BCUT2D eigenvalue weighted by Crippen LogP contribution is 2.50. The fourth-order valence-electron chi connectivity index (χ4n) is 11.1. The molecule has 0 spiro atoms. The highest BCUT2D eigenvalue weighted by Gasteiger charge is 2.25. The van der Waals surface area contributed by atoms with Crippen molar-refractivity contribution >= 4 is 55.0 Å². The lowest BCUT2D eigenvalue weighted by Gasteiger charge is -2.22. The topological polar surface area (TPSA) is 52.6 Å². The second kappa shape index (κ2) is 32.5. The molecule has 0 saturated heterocycles. The number of esters is 2. The number of ether oxygens (including phenoxy) is 2. The molecule has 0 saturated carbocycles. The lowest BCUT2D eigenvalue weighted by molar-refractivity contribution is -0.135. The number of carbonyl (C=O) groups is 2. The zero-order chi connectivity index (χ0) is 50.6. The van der Waals surface area contributed by atoms with Crippen molar-refractivity contribution in [2.45, 2.75) is 246 Å². The van der Waals surface area contributed by atoms with E-state index in [4.69, 9.17) is 9.47 Å². The quantitative estimate of drug-likeness (QED) is 0.0169. The first-order chi connectivity index (χ1) is 35.5. The number of carbonyl (C=O) groups excluding carboxylic acids is 2. The van der Waals surface area contributed by atoms with Gasteiger partial charge in [-0.3, -0.25) is 9.59 Å². The molecule has 0 atom stereocenters. The zero-order valence-electron chi connectivity index (χ0n) is 45.8. The van der Waals surface area contributed by atoms with Crippen molar-refractivity contribution in [1.29, 1.82) is 0 Å². The van der Waals surface area contributed by atoms with Crippen molar-refractivity contribution in [3.8, 4) is 22.6 Å². The molecule has 0 amide bonds. The van der Waals surface area contributed by atoms with Crippen molar-refractivity contribution in [2.75, 3.05) is 0 Å². The van der Waals surface area contributed by atoms with Crippen LogP contribution in [-0.2, 0) is 22.4 Å². The fraction of sp³-hybridized carbons (Fsp3) is 0.559. The van der Waals surface area contributed by atoms with Crippen LogP contribution in [0.1, 0.15) is 244 Å². The number of hydrogen-bond donors (Lipinski definition) is 0. The number of fused-ring (bicyclic) bond motifs is 4. The Hall–Kier alpha value is -4.70. The number of hydrogen-bond acceptors (Lipinski definition) is 4. The van der Waals surface area contributed by atoms with Crippen LogP contribution in [0.15, 0.2) is 84.9 Å². The molecule has 0 fully saturated rings. The van der Waals surface area contributed by atoms with Crippen molar-refractivity contribution in [3.05, 3.63) is 96.1 Å². The summed E-state index contributed by atoms with van der Waals surface area (Å²) in [6, 6.07) is 31.0. The van der Waals surface area contributed by atoms with Gasteiger partial charge in [-0.15, -0.1) is 0 Å². The highest BCUT2D eigenvalue weighted by molar-refractivity contribution is 6.27. The summed E-state index contributed by atoms with van der Waals surface area (Å²) in [6.45, 7) is 9.09. The molecule has 0 heterocycles. The molecule has 0 aliphatic rings. The van der Waals surface area contributed by atoms with Crippen molar-refractivity contribution in [2.24, 2.45) is 0 Å². The molecule has 6 rings (SSSR count). The van der Waals surface area contributed by atoms with Gasteiger partial charge in [-0.1, -0.05) is 280 Å². The number of rotatable bonds is 37. The van der Waals surface area contributed by atoms with Gasteiger partial charge in [0.1, 0.15) is 11.5 Å². The third kappa shape index (κ3) is 17.2. The maximum atomic E-state index is 13.9. The molecule has 0 unspecified atom stereocenters. The highest BCUT2D eigenvalue weighted by atomic mass is 16.5. The number of aryl methyl sites for hydroxylation is 2. The van der Waals surface area contributed by atoms with Crippen LogP contribution in [0.25, 0.3) is 54.2 Å². The van der Waals surface area contributed by atoms with Crippen LogP contribution in [0.2, 0.25) is 0 Å². The molecule has 4 nitrogen and oxygen atoms in total. The standard InChI is InChI=1S/C68H94O4/c1-5-9-13-17-21-23-25-29-33-45-63(69)71-67-57-43-37-35-41-55(57)65(61-51-53(47-49-59(61)67)39-31-27-19-15-11-7-3)66-56-42-36-38-44-58(56)68(72-64(70)46-34-30-26-24-22-18-14-10-6-2)60-50-48-54(52-62(60)66)40-32-28-20-16-12-8-4/h35-38,41-44,47-52H,5-34,39-40,45-46H2,1-4H3. The lowest BCUT2D eigenvalue weighted by Crippen LogP contribution is -2.09. The fourth-order valence-corrected chi connectivity index (χ4v) is 11.1. The van der Waals surface area contributed by atoms with Gasteiger partial charge in [0.2, 0.25) is 0 Å². The Balaban J connectivity index is 1.42. The Morgan fingerprint density at radius 3 is 0.917 bits per heavy atom. The third-order valence-corrected chi connectivity index (χ3v) is 15.4. The smallest absolute Gasteiger partial charge is 0.311 e. The molecule has 0 radical (unpaired) electrons. The monoisotopic (exact) mass is 975 g/mol. The van der Waals surface area contributed by atoms with Crippen LogP contribution in [-0.4, -0.2) is 11.9 Å². The first-order valence-corrected chi connectivity index (χ1v) is 29.8. The Labute approximate surface area is 436 Å². The van der Waals surface area contributed by atoms with Crippen molar-refractivity contribution < 1.29 is 19.1 Å². The van der Waals surface area contributed by atoms with Crippen molar-refractivity contribution in [1.82, 2.24) is 0 Å². The van der Waals surface area contributed by atoms with E-state index in [1.54, 1.807) is 0 Å². The van der Waals surface area contributed by atoms with Crippen LogP contribution in [0, 0.1) is 0 Å². The van der Waals surface area contributed by atoms with E-state index < -0.39 is 0 Å². The van der Waals surface area contributed by atoms with Crippen LogP contribution >= 0.6 is 0 Å². The molecule has 0 aliphatic carbocycles. The summed E-state index contributed by atoms with van der Waals surface area (Å²) in [5, 5.41) is 8.16. The van der Waals surface area contributed by atoms with Crippen LogP contribution in [0.4, 0.5) is 0 Å². The summed E-state index contributed by atoms with van der Waals surface area (Å²) >= 11 is 0. The van der Waals surface area contributed by atoms with Gasteiger partial charge in [0.15, 0.2) is 0 Å². The minimum Gasteiger partial charge on any atom is -0.425 e. The molecular formula is C68H94O4. The number of benzene rings is 6. The molecule has 0 aliphatic heterocycles. The predicted octanol–water partition coefficient (Wildman–Crippen LogP) is 21.4. The summed E-state index contributed by atoms with van der Waals surface area (Å²) in [7, 11) is 0. The average Bonchev–Trinajstić information content (AvgIpc) is 3.40. The molecule has 6 aromatic rings. The van der Waals surface area contributed by atoms with Crippen molar-refractivity contribution in [3.63, 3.8) is 0 Å². The molecule has 0 aromatic heterocycles. The van der Waals surface area contributed by atoms with Crippen LogP contribution in [0.3, 0.4) is 0 Å². The lowest BCUT2D eigenvalue weighted by atomic mass is 9.84. The average molecular weight is 975 g/mol.